The summed E-state index contributed by atoms with van der Waals surface area (Å²) in [6, 6.07) is 9.25. The molecule has 1 atom stereocenters. The van der Waals surface area contributed by atoms with Crippen molar-refractivity contribution < 1.29 is 13.2 Å². The van der Waals surface area contributed by atoms with Gasteiger partial charge in [0, 0.05) is 20.2 Å². The highest BCUT2D eigenvalue weighted by atomic mass is 32.2. The number of sulfonamides is 1. The molecule has 4 nitrogen and oxygen atoms in total. The van der Waals surface area contributed by atoms with E-state index in [-0.39, 0.29) is 11.9 Å². The van der Waals surface area contributed by atoms with Crippen molar-refractivity contribution in [1.29, 1.82) is 0 Å². The molecule has 1 aliphatic rings. The van der Waals surface area contributed by atoms with E-state index < -0.39 is 10.0 Å². The first-order chi connectivity index (χ1) is 8.58. The molecule has 1 aromatic rings. The first-order valence-electron chi connectivity index (χ1n) is 6.17. The van der Waals surface area contributed by atoms with Gasteiger partial charge in [0.15, 0.2) is 0 Å². The average molecular weight is 269 g/mol. The Bertz CT molecular complexity index is 466. The van der Waals surface area contributed by atoms with Crippen molar-refractivity contribution in [3.8, 4) is 0 Å². The van der Waals surface area contributed by atoms with Crippen LogP contribution in [0.15, 0.2) is 30.3 Å². The standard InChI is InChI=1S/C13H19NO3S/c1-14(10-13-8-5-9-17-13)18(15,16)11-12-6-3-2-4-7-12/h2-4,6-7,13H,5,8-11H2,1H3. The van der Waals surface area contributed by atoms with Crippen LogP contribution in [0.1, 0.15) is 18.4 Å². The van der Waals surface area contributed by atoms with Crippen LogP contribution >= 0.6 is 0 Å². The molecule has 18 heavy (non-hydrogen) atoms. The number of benzene rings is 1. The summed E-state index contributed by atoms with van der Waals surface area (Å²) in [7, 11) is -1.62. The molecule has 1 unspecified atom stereocenters. The SMILES string of the molecule is CN(CC1CCCO1)S(=O)(=O)Cc1ccccc1. The molecular formula is C13H19NO3S. The third kappa shape index (κ3) is 3.54. The number of rotatable bonds is 5. The summed E-state index contributed by atoms with van der Waals surface area (Å²) in [5.74, 6) is 0.0526. The summed E-state index contributed by atoms with van der Waals surface area (Å²) in [4.78, 5) is 0. The van der Waals surface area contributed by atoms with E-state index in [9.17, 15) is 8.42 Å². The summed E-state index contributed by atoms with van der Waals surface area (Å²) >= 11 is 0. The minimum absolute atomic E-state index is 0.0526. The summed E-state index contributed by atoms with van der Waals surface area (Å²) in [6.07, 6.45) is 2.03. The highest BCUT2D eigenvalue weighted by Crippen LogP contribution is 2.16. The van der Waals surface area contributed by atoms with Crippen LogP contribution in [0.4, 0.5) is 0 Å². The molecular weight excluding hydrogens is 250 g/mol. The molecule has 0 saturated carbocycles. The van der Waals surface area contributed by atoms with E-state index in [0.29, 0.717) is 6.54 Å². The molecule has 1 fully saturated rings. The zero-order chi connectivity index (χ0) is 13.0. The predicted molar refractivity (Wildman–Crippen MR) is 70.7 cm³/mol. The lowest BCUT2D eigenvalue weighted by Crippen LogP contribution is -2.34. The van der Waals surface area contributed by atoms with Crippen molar-refractivity contribution in [3.05, 3.63) is 35.9 Å². The minimum Gasteiger partial charge on any atom is -0.377 e. The van der Waals surface area contributed by atoms with E-state index in [0.717, 1.165) is 25.0 Å². The lowest BCUT2D eigenvalue weighted by Gasteiger charge is -2.20. The zero-order valence-electron chi connectivity index (χ0n) is 10.6. The van der Waals surface area contributed by atoms with Gasteiger partial charge in [0.25, 0.3) is 0 Å². The third-order valence-electron chi connectivity index (χ3n) is 3.15. The summed E-state index contributed by atoms with van der Waals surface area (Å²) < 4.78 is 31.2. The largest absolute Gasteiger partial charge is 0.377 e. The maximum Gasteiger partial charge on any atom is 0.218 e. The fourth-order valence-electron chi connectivity index (χ4n) is 2.08. The fraction of sp³-hybridized carbons (Fsp3) is 0.538. The smallest absolute Gasteiger partial charge is 0.218 e. The maximum absolute atomic E-state index is 12.2. The lowest BCUT2D eigenvalue weighted by molar-refractivity contribution is 0.0978. The Morgan fingerprint density at radius 1 is 1.33 bits per heavy atom. The molecule has 0 N–H and O–H groups in total. The number of ether oxygens (including phenoxy) is 1. The van der Waals surface area contributed by atoms with Crippen molar-refractivity contribution in [1.82, 2.24) is 4.31 Å². The maximum atomic E-state index is 12.2. The highest BCUT2D eigenvalue weighted by Gasteiger charge is 2.24. The van der Waals surface area contributed by atoms with E-state index >= 15 is 0 Å². The Kier molecular flexibility index (Phi) is 4.37. The normalized spacial score (nSPS) is 20.4. The van der Waals surface area contributed by atoms with Crippen molar-refractivity contribution in [2.45, 2.75) is 24.7 Å². The van der Waals surface area contributed by atoms with Crippen molar-refractivity contribution in [2.24, 2.45) is 0 Å². The van der Waals surface area contributed by atoms with E-state index in [4.69, 9.17) is 4.74 Å². The molecule has 5 heteroatoms. The summed E-state index contributed by atoms with van der Waals surface area (Å²) in [5.41, 5.74) is 0.816. The first kappa shape index (κ1) is 13.5. The number of hydrogen-bond acceptors (Lipinski definition) is 3. The van der Waals surface area contributed by atoms with Crippen LogP contribution in [-0.2, 0) is 20.5 Å². The zero-order valence-corrected chi connectivity index (χ0v) is 11.4. The lowest BCUT2D eigenvalue weighted by atomic mass is 10.2. The molecule has 0 amide bonds. The van der Waals surface area contributed by atoms with E-state index in [2.05, 4.69) is 0 Å². The van der Waals surface area contributed by atoms with E-state index in [1.165, 1.54) is 4.31 Å². The number of likely N-dealkylation sites (N-methyl/N-ethyl adjacent to an activating group) is 1. The monoisotopic (exact) mass is 269 g/mol. The molecule has 0 aliphatic carbocycles. The van der Waals surface area contributed by atoms with Gasteiger partial charge in [-0.05, 0) is 18.4 Å². The second-order valence-electron chi connectivity index (χ2n) is 4.66. The Morgan fingerprint density at radius 3 is 2.67 bits per heavy atom. The molecule has 0 radical (unpaired) electrons. The van der Waals surface area contributed by atoms with Crippen molar-refractivity contribution in [2.75, 3.05) is 20.2 Å². The van der Waals surface area contributed by atoms with Gasteiger partial charge in [-0.25, -0.2) is 12.7 Å². The van der Waals surface area contributed by atoms with Crippen LogP contribution < -0.4 is 0 Å². The summed E-state index contributed by atoms with van der Waals surface area (Å²) in [5, 5.41) is 0. The third-order valence-corrected chi connectivity index (χ3v) is 4.95. The van der Waals surface area contributed by atoms with Crippen LogP contribution in [0.3, 0.4) is 0 Å². The second kappa shape index (κ2) is 5.82. The van der Waals surface area contributed by atoms with Gasteiger partial charge in [-0.3, -0.25) is 0 Å². The Labute approximate surface area is 109 Å². The predicted octanol–water partition coefficient (Wildman–Crippen LogP) is 1.63. The van der Waals surface area contributed by atoms with Crippen LogP contribution in [0.5, 0.6) is 0 Å². The molecule has 1 heterocycles. The topological polar surface area (TPSA) is 46.6 Å². The Hall–Kier alpha value is -0.910. The molecule has 0 aromatic heterocycles. The van der Waals surface area contributed by atoms with Crippen LogP contribution in [0, 0.1) is 0 Å². The van der Waals surface area contributed by atoms with Crippen LogP contribution in [0.2, 0.25) is 0 Å². The van der Waals surface area contributed by atoms with E-state index in [1.54, 1.807) is 7.05 Å². The molecule has 1 saturated heterocycles. The Balaban J connectivity index is 1.97. The van der Waals surface area contributed by atoms with Gasteiger partial charge in [-0.2, -0.15) is 0 Å². The number of hydrogen-bond donors (Lipinski definition) is 0. The molecule has 100 valence electrons. The fourth-order valence-corrected chi connectivity index (χ4v) is 3.31. The van der Waals surface area contributed by atoms with Gasteiger partial charge < -0.3 is 4.74 Å². The molecule has 0 spiro atoms. The molecule has 0 bridgehead atoms. The second-order valence-corrected chi connectivity index (χ2v) is 6.73. The van der Waals surface area contributed by atoms with Gasteiger partial charge >= 0.3 is 0 Å². The van der Waals surface area contributed by atoms with E-state index in [1.807, 2.05) is 30.3 Å². The molecule has 1 aromatic carbocycles. The quantitative estimate of drug-likeness (QED) is 0.816. The van der Waals surface area contributed by atoms with Gasteiger partial charge in [0.1, 0.15) is 0 Å². The molecule has 1 aliphatic heterocycles. The van der Waals surface area contributed by atoms with Gasteiger partial charge in [-0.1, -0.05) is 30.3 Å². The van der Waals surface area contributed by atoms with Crippen LogP contribution in [0.25, 0.3) is 0 Å². The van der Waals surface area contributed by atoms with Gasteiger partial charge in [0.05, 0.1) is 11.9 Å². The van der Waals surface area contributed by atoms with Gasteiger partial charge in [-0.15, -0.1) is 0 Å². The molecule has 2 rings (SSSR count). The van der Waals surface area contributed by atoms with Crippen molar-refractivity contribution in [3.63, 3.8) is 0 Å². The van der Waals surface area contributed by atoms with Gasteiger partial charge in [0.2, 0.25) is 10.0 Å². The summed E-state index contributed by atoms with van der Waals surface area (Å²) in [6.45, 7) is 1.20. The van der Waals surface area contributed by atoms with Crippen LogP contribution in [-0.4, -0.2) is 39.0 Å². The highest BCUT2D eigenvalue weighted by molar-refractivity contribution is 7.88. The first-order valence-corrected chi connectivity index (χ1v) is 7.78. The number of nitrogens with zero attached hydrogens (tertiary/aromatic N) is 1. The Morgan fingerprint density at radius 2 is 2.06 bits per heavy atom. The minimum atomic E-state index is -3.25. The average Bonchev–Trinajstić information content (AvgIpc) is 2.82. The van der Waals surface area contributed by atoms with Crippen molar-refractivity contribution >= 4 is 10.0 Å².